The fourth-order valence-electron chi connectivity index (χ4n) is 2.87. The van der Waals surface area contributed by atoms with Gasteiger partial charge in [0, 0.05) is 0 Å². The number of amides is 1. The molecule has 0 aromatic heterocycles. The molecule has 0 heterocycles. The zero-order valence-corrected chi connectivity index (χ0v) is 15.6. The van der Waals surface area contributed by atoms with Crippen LogP contribution in [0, 0.1) is 13.8 Å². The molecule has 0 saturated heterocycles. The molecule has 0 spiro atoms. The molecular weight excluding hydrogens is 314 g/mol. The summed E-state index contributed by atoms with van der Waals surface area (Å²) >= 11 is 0. The number of nitrogens with one attached hydrogen (secondary N) is 1. The number of para-hydroxylation sites is 2. The van der Waals surface area contributed by atoms with Crippen LogP contribution in [0.1, 0.15) is 43.0 Å². The highest BCUT2D eigenvalue weighted by Gasteiger charge is 2.21. The van der Waals surface area contributed by atoms with Crippen LogP contribution in [0.5, 0.6) is 11.5 Å². The van der Waals surface area contributed by atoms with Crippen LogP contribution < -0.4 is 14.8 Å². The van der Waals surface area contributed by atoms with Crippen molar-refractivity contribution in [2.24, 2.45) is 0 Å². The molecule has 25 heavy (non-hydrogen) atoms. The average Bonchev–Trinajstić information content (AvgIpc) is 2.60. The molecule has 2 rings (SSSR count). The first kappa shape index (κ1) is 18.8. The lowest BCUT2D eigenvalue weighted by Crippen LogP contribution is -2.38. The minimum atomic E-state index is -0.615. The number of hydrogen-bond donors (Lipinski definition) is 1. The Hall–Kier alpha value is -2.49. The molecule has 2 aromatic carbocycles. The largest absolute Gasteiger partial charge is 0.493 e. The fourth-order valence-corrected chi connectivity index (χ4v) is 2.87. The summed E-state index contributed by atoms with van der Waals surface area (Å²) in [6, 6.07) is 13.6. The van der Waals surface area contributed by atoms with Crippen LogP contribution in [0.15, 0.2) is 42.5 Å². The van der Waals surface area contributed by atoms with Gasteiger partial charge in [-0.2, -0.15) is 0 Å². The van der Waals surface area contributed by atoms with Crippen LogP contribution in [0.25, 0.3) is 0 Å². The van der Waals surface area contributed by atoms with E-state index < -0.39 is 6.10 Å². The highest BCUT2D eigenvalue weighted by atomic mass is 16.5. The van der Waals surface area contributed by atoms with Gasteiger partial charge in [-0.05, 0) is 50.5 Å². The van der Waals surface area contributed by atoms with E-state index in [0.717, 1.165) is 12.0 Å². The second kappa shape index (κ2) is 8.56. The molecule has 0 aliphatic heterocycles. The Morgan fingerprint density at radius 1 is 1.12 bits per heavy atom. The number of ether oxygens (including phenoxy) is 2. The second-order valence-electron chi connectivity index (χ2n) is 6.24. The first-order chi connectivity index (χ1) is 12.0. The summed E-state index contributed by atoms with van der Waals surface area (Å²) < 4.78 is 11.1. The maximum atomic E-state index is 12.6. The van der Waals surface area contributed by atoms with Gasteiger partial charge in [0.1, 0.15) is 0 Å². The van der Waals surface area contributed by atoms with Crippen molar-refractivity contribution in [1.82, 2.24) is 5.32 Å². The Bertz CT molecular complexity index is 727. The van der Waals surface area contributed by atoms with Crippen LogP contribution in [-0.2, 0) is 4.79 Å². The number of rotatable bonds is 7. The molecule has 134 valence electrons. The monoisotopic (exact) mass is 341 g/mol. The third kappa shape index (κ3) is 4.75. The van der Waals surface area contributed by atoms with Crippen LogP contribution in [-0.4, -0.2) is 19.1 Å². The number of methoxy groups -OCH3 is 1. The first-order valence-corrected chi connectivity index (χ1v) is 8.63. The van der Waals surface area contributed by atoms with E-state index in [1.54, 1.807) is 20.1 Å². The van der Waals surface area contributed by atoms with E-state index in [-0.39, 0.29) is 11.9 Å². The zero-order chi connectivity index (χ0) is 18.4. The van der Waals surface area contributed by atoms with Gasteiger partial charge in [0.2, 0.25) is 0 Å². The average molecular weight is 341 g/mol. The van der Waals surface area contributed by atoms with Gasteiger partial charge < -0.3 is 14.8 Å². The normalized spacial score (nSPS) is 13.0. The fraction of sp³-hybridized carbons (Fsp3) is 0.381. The Kier molecular flexibility index (Phi) is 6.45. The standard InChI is InChI=1S/C21H27NO3/c1-6-18(17-12-11-14(2)13-15(17)3)22-21(23)16(4)25-20-10-8-7-9-19(20)24-5/h7-13,16,18H,6H2,1-5H3,(H,22,23)/t16-,18+/m1/s1. The Labute approximate surface area is 150 Å². The van der Waals surface area contributed by atoms with Gasteiger partial charge in [0.05, 0.1) is 13.2 Å². The third-order valence-corrected chi connectivity index (χ3v) is 4.27. The summed E-state index contributed by atoms with van der Waals surface area (Å²) in [6.07, 6.45) is 0.202. The lowest BCUT2D eigenvalue weighted by molar-refractivity contribution is -0.128. The summed E-state index contributed by atoms with van der Waals surface area (Å²) in [6.45, 7) is 7.96. The van der Waals surface area contributed by atoms with Crippen molar-refractivity contribution in [3.8, 4) is 11.5 Å². The summed E-state index contributed by atoms with van der Waals surface area (Å²) in [4.78, 5) is 12.6. The summed E-state index contributed by atoms with van der Waals surface area (Å²) in [5.74, 6) is 1.04. The maximum absolute atomic E-state index is 12.6. The van der Waals surface area contributed by atoms with E-state index >= 15 is 0 Å². The van der Waals surface area contributed by atoms with Crippen molar-refractivity contribution >= 4 is 5.91 Å². The summed E-state index contributed by atoms with van der Waals surface area (Å²) in [7, 11) is 1.58. The number of hydrogen-bond acceptors (Lipinski definition) is 3. The molecular formula is C21H27NO3. The Balaban J connectivity index is 2.08. The minimum absolute atomic E-state index is 0.0307. The number of carbonyl (C=O) groups is 1. The van der Waals surface area contributed by atoms with Crippen LogP contribution in [0.4, 0.5) is 0 Å². The second-order valence-corrected chi connectivity index (χ2v) is 6.24. The van der Waals surface area contributed by atoms with Gasteiger partial charge in [-0.1, -0.05) is 42.8 Å². The molecule has 4 nitrogen and oxygen atoms in total. The molecule has 1 amide bonds. The predicted molar refractivity (Wildman–Crippen MR) is 100 cm³/mol. The van der Waals surface area contributed by atoms with Gasteiger partial charge in [0.15, 0.2) is 17.6 Å². The van der Waals surface area contributed by atoms with Crippen LogP contribution in [0.3, 0.4) is 0 Å². The molecule has 0 radical (unpaired) electrons. The van der Waals surface area contributed by atoms with Crippen LogP contribution in [0.2, 0.25) is 0 Å². The zero-order valence-electron chi connectivity index (χ0n) is 15.6. The Morgan fingerprint density at radius 2 is 1.80 bits per heavy atom. The van der Waals surface area contributed by atoms with Crippen molar-refractivity contribution in [3.63, 3.8) is 0 Å². The SMILES string of the molecule is CC[C@H](NC(=O)[C@@H](C)Oc1ccccc1OC)c1ccc(C)cc1C. The van der Waals surface area contributed by atoms with Crippen molar-refractivity contribution in [2.75, 3.05) is 7.11 Å². The molecule has 0 fully saturated rings. The van der Waals surface area contributed by atoms with E-state index in [9.17, 15) is 4.79 Å². The van der Waals surface area contributed by atoms with Gasteiger partial charge in [0.25, 0.3) is 5.91 Å². The highest BCUT2D eigenvalue weighted by Crippen LogP contribution is 2.27. The van der Waals surface area contributed by atoms with E-state index in [1.165, 1.54) is 11.1 Å². The number of benzene rings is 2. The quantitative estimate of drug-likeness (QED) is 0.814. The van der Waals surface area contributed by atoms with Gasteiger partial charge >= 0.3 is 0 Å². The van der Waals surface area contributed by atoms with Crippen molar-refractivity contribution in [3.05, 3.63) is 59.2 Å². The lowest BCUT2D eigenvalue weighted by atomic mass is 9.97. The highest BCUT2D eigenvalue weighted by molar-refractivity contribution is 5.81. The summed E-state index contributed by atoms with van der Waals surface area (Å²) in [5, 5.41) is 3.10. The topological polar surface area (TPSA) is 47.6 Å². The molecule has 4 heteroatoms. The molecule has 0 saturated carbocycles. The minimum Gasteiger partial charge on any atom is -0.493 e. The molecule has 0 unspecified atom stereocenters. The number of aryl methyl sites for hydroxylation is 2. The van der Waals surface area contributed by atoms with Gasteiger partial charge in [-0.25, -0.2) is 0 Å². The van der Waals surface area contributed by atoms with Crippen molar-refractivity contribution in [2.45, 2.75) is 46.3 Å². The molecule has 2 aromatic rings. The van der Waals surface area contributed by atoms with E-state index in [1.807, 2.05) is 18.2 Å². The molecule has 0 bridgehead atoms. The molecule has 0 aliphatic carbocycles. The first-order valence-electron chi connectivity index (χ1n) is 8.63. The lowest BCUT2D eigenvalue weighted by Gasteiger charge is -2.23. The molecule has 1 N–H and O–H groups in total. The maximum Gasteiger partial charge on any atom is 0.261 e. The Morgan fingerprint density at radius 3 is 2.40 bits per heavy atom. The van der Waals surface area contributed by atoms with E-state index in [4.69, 9.17) is 9.47 Å². The van der Waals surface area contributed by atoms with E-state index in [0.29, 0.717) is 11.5 Å². The van der Waals surface area contributed by atoms with E-state index in [2.05, 4.69) is 44.3 Å². The predicted octanol–water partition coefficient (Wildman–Crippen LogP) is 4.35. The number of carbonyl (C=O) groups excluding carboxylic acids is 1. The summed E-state index contributed by atoms with van der Waals surface area (Å²) in [5.41, 5.74) is 3.55. The van der Waals surface area contributed by atoms with Gasteiger partial charge in [-0.3, -0.25) is 4.79 Å². The van der Waals surface area contributed by atoms with Gasteiger partial charge in [-0.15, -0.1) is 0 Å². The smallest absolute Gasteiger partial charge is 0.261 e. The third-order valence-electron chi connectivity index (χ3n) is 4.27. The van der Waals surface area contributed by atoms with Crippen molar-refractivity contribution < 1.29 is 14.3 Å². The van der Waals surface area contributed by atoms with Crippen molar-refractivity contribution in [1.29, 1.82) is 0 Å². The molecule has 2 atom stereocenters. The molecule has 0 aliphatic rings. The van der Waals surface area contributed by atoms with Crippen LogP contribution >= 0.6 is 0 Å².